The first kappa shape index (κ1) is 21.6. The molecule has 1 fully saturated rings. The van der Waals surface area contributed by atoms with Gasteiger partial charge in [0.1, 0.15) is 5.56 Å². The highest BCUT2D eigenvalue weighted by atomic mass is 16.5. The van der Waals surface area contributed by atoms with Gasteiger partial charge >= 0.3 is 6.03 Å². The Bertz CT molecular complexity index is 831. The highest BCUT2D eigenvalue weighted by molar-refractivity contribution is 5.96. The average Bonchev–Trinajstić information content (AvgIpc) is 3.15. The summed E-state index contributed by atoms with van der Waals surface area (Å²) in [6.45, 7) is 4.75. The van der Waals surface area contributed by atoms with E-state index >= 15 is 0 Å². The van der Waals surface area contributed by atoms with Crippen molar-refractivity contribution in [2.24, 2.45) is 7.05 Å². The van der Waals surface area contributed by atoms with Crippen LogP contribution in [0.1, 0.15) is 15.9 Å². The van der Waals surface area contributed by atoms with Gasteiger partial charge in [-0.3, -0.25) is 14.4 Å². The fourth-order valence-electron chi connectivity index (χ4n) is 3.47. The van der Waals surface area contributed by atoms with E-state index in [1.807, 2.05) is 35.2 Å². The summed E-state index contributed by atoms with van der Waals surface area (Å²) in [4.78, 5) is 28.7. The van der Waals surface area contributed by atoms with Gasteiger partial charge in [-0.05, 0) is 12.0 Å². The van der Waals surface area contributed by atoms with Crippen molar-refractivity contribution < 1.29 is 14.3 Å². The molecule has 1 aliphatic rings. The lowest BCUT2D eigenvalue weighted by Gasteiger charge is -2.34. The summed E-state index contributed by atoms with van der Waals surface area (Å²) in [6.07, 6.45) is 2.50. The van der Waals surface area contributed by atoms with Gasteiger partial charge in [0.25, 0.3) is 5.91 Å². The number of hydrogen-bond acceptors (Lipinski definition) is 5. The van der Waals surface area contributed by atoms with Gasteiger partial charge in [-0.15, -0.1) is 5.10 Å². The summed E-state index contributed by atoms with van der Waals surface area (Å²) in [5.41, 5.74) is 1.69. The van der Waals surface area contributed by atoms with E-state index in [0.717, 1.165) is 26.1 Å². The zero-order valence-electron chi connectivity index (χ0n) is 17.6. The summed E-state index contributed by atoms with van der Waals surface area (Å²) in [5.74, 6) is 0.294. The number of methoxy groups -OCH3 is 1. The zero-order chi connectivity index (χ0) is 21.3. The van der Waals surface area contributed by atoms with E-state index < -0.39 is 0 Å². The number of carbonyl (C=O) groups is 2. The lowest BCUT2D eigenvalue weighted by molar-refractivity contribution is 0.0636. The number of hydrogen-bond donors (Lipinski definition) is 2. The third-order valence-corrected chi connectivity index (χ3v) is 5.13. The van der Waals surface area contributed by atoms with Crippen molar-refractivity contribution in [2.45, 2.75) is 6.42 Å². The van der Waals surface area contributed by atoms with Crippen molar-refractivity contribution in [1.82, 2.24) is 30.2 Å². The molecular weight excluding hydrogens is 384 g/mol. The molecular formula is C21H30N6O3. The number of ether oxygens (including phenoxy) is 1. The van der Waals surface area contributed by atoms with Crippen molar-refractivity contribution in [3.8, 4) is 5.88 Å². The number of rotatable bonds is 8. The Balaban J connectivity index is 1.32. The van der Waals surface area contributed by atoms with Crippen LogP contribution in [0.25, 0.3) is 0 Å². The molecule has 162 valence electrons. The third-order valence-electron chi connectivity index (χ3n) is 5.13. The maximum absolute atomic E-state index is 12.7. The maximum atomic E-state index is 12.7. The number of urea groups is 1. The van der Waals surface area contributed by atoms with Gasteiger partial charge < -0.3 is 20.3 Å². The van der Waals surface area contributed by atoms with Crippen LogP contribution in [0.4, 0.5) is 4.79 Å². The average molecular weight is 415 g/mol. The van der Waals surface area contributed by atoms with Crippen LogP contribution < -0.4 is 15.4 Å². The van der Waals surface area contributed by atoms with E-state index in [-0.39, 0.29) is 11.9 Å². The molecule has 0 bridgehead atoms. The number of nitrogens with one attached hydrogen (secondary N) is 2. The van der Waals surface area contributed by atoms with Crippen molar-refractivity contribution in [3.63, 3.8) is 0 Å². The molecule has 2 heterocycles. The van der Waals surface area contributed by atoms with Gasteiger partial charge in [0.2, 0.25) is 5.88 Å². The molecule has 2 aromatic rings. The summed E-state index contributed by atoms with van der Waals surface area (Å²) in [6, 6.07) is 9.92. The Kier molecular flexibility index (Phi) is 7.67. The minimum absolute atomic E-state index is 0.0597. The number of amides is 3. The first-order valence-electron chi connectivity index (χ1n) is 10.2. The van der Waals surface area contributed by atoms with Crippen molar-refractivity contribution in [3.05, 3.63) is 47.7 Å². The smallest absolute Gasteiger partial charge is 0.314 e. The van der Waals surface area contributed by atoms with E-state index in [1.54, 1.807) is 17.9 Å². The van der Waals surface area contributed by atoms with Crippen LogP contribution in [0.5, 0.6) is 5.88 Å². The van der Waals surface area contributed by atoms with Gasteiger partial charge in [0.15, 0.2) is 0 Å². The van der Waals surface area contributed by atoms with Crippen LogP contribution in [-0.2, 0) is 13.5 Å². The molecule has 0 unspecified atom stereocenters. The van der Waals surface area contributed by atoms with Crippen LogP contribution in [0.2, 0.25) is 0 Å². The molecule has 9 nitrogen and oxygen atoms in total. The number of benzene rings is 1. The molecule has 1 aromatic heterocycles. The molecule has 3 rings (SSSR count). The molecule has 0 spiro atoms. The van der Waals surface area contributed by atoms with E-state index in [9.17, 15) is 9.59 Å². The summed E-state index contributed by atoms with van der Waals surface area (Å²) in [7, 11) is 3.28. The van der Waals surface area contributed by atoms with Gasteiger partial charge in [-0.25, -0.2) is 4.79 Å². The topological polar surface area (TPSA) is 91.7 Å². The summed E-state index contributed by atoms with van der Waals surface area (Å²) in [5, 5.41) is 9.92. The maximum Gasteiger partial charge on any atom is 0.314 e. The SMILES string of the molecule is COc1nn(C)cc1C(=O)N1CCN(CCNC(=O)NCCc2ccccc2)CC1. The Morgan fingerprint density at radius 2 is 1.77 bits per heavy atom. The number of nitrogens with zero attached hydrogens (tertiary/aromatic N) is 4. The standard InChI is InChI=1S/C21H30N6O3/c1-25-16-18(19(24-25)30-2)20(28)27-14-12-26(13-15-27)11-10-23-21(29)22-9-8-17-6-4-3-5-7-17/h3-7,16H,8-15H2,1-2H3,(H2,22,23,29). The molecule has 0 radical (unpaired) electrons. The van der Waals surface area contributed by atoms with Crippen LogP contribution >= 0.6 is 0 Å². The van der Waals surface area contributed by atoms with E-state index in [2.05, 4.69) is 20.6 Å². The fraction of sp³-hybridized carbons (Fsp3) is 0.476. The predicted octanol–water partition coefficient (Wildman–Crippen LogP) is 0.728. The Morgan fingerprint density at radius 1 is 1.07 bits per heavy atom. The Morgan fingerprint density at radius 3 is 2.47 bits per heavy atom. The number of piperazine rings is 1. The summed E-state index contributed by atoms with van der Waals surface area (Å²) >= 11 is 0. The Hall–Kier alpha value is -3.07. The van der Waals surface area contributed by atoms with Gasteiger partial charge in [0.05, 0.1) is 7.11 Å². The molecule has 2 N–H and O–H groups in total. The minimum Gasteiger partial charge on any atom is -0.479 e. The molecule has 1 saturated heterocycles. The van der Waals surface area contributed by atoms with Gasteiger partial charge in [-0.1, -0.05) is 30.3 Å². The molecule has 9 heteroatoms. The lowest BCUT2D eigenvalue weighted by Crippen LogP contribution is -2.50. The third kappa shape index (κ3) is 5.96. The number of aryl methyl sites for hydroxylation is 1. The van der Waals surface area contributed by atoms with E-state index in [4.69, 9.17) is 4.74 Å². The highest BCUT2D eigenvalue weighted by Gasteiger charge is 2.25. The monoisotopic (exact) mass is 414 g/mol. The molecule has 0 saturated carbocycles. The van der Waals surface area contributed by atoms with E-state index in [0.29, 0.717) is 37.6 Å². The van der Waals surface area contributed by atoms with Crippen molar-refractivity contribution >= 4 is 11.9 Å². The highest BCUT2D eigenvalue weighted by Crippen LogP contribution is 2.18. The normalized spacial score (nSPS) is 14.4. The molecule has 1 aliphatic heterocycles. The van der Waals surface area contributed by atoms with Crippen LogP contribution in [0.15, 0.2) is 36.5 Å². The number of aromatic nitrogens is 2. The van der Waals surface area contributed by atoms with Crippen LogP contribution in [0, 0.1) is 0 Å². The Labute approximate surface area is 177 Å². The number of carbonyl (C=O) groups excluding carboxylic acids is 2. The molecule has 0 atom stereocenters. The molecule has 0 aliphatic carbocycles. The zero-order valence-corrected chi connectivity index (χ0v) is 17.6. The molecule has 30 heavy (non-hydrogen) atoms. The van der Waals surface area contributed by atoms with Gasteiger partial charge in [0, 0.05) is 59.1 Å². The van der Waals surface area contributed by atoms with Crippen molar-refractivity contribution in [1.29, 1.82) is 0 Å². The predicted molar refractivity (Wildman–Crippen MR) is 114 cm³/mol. The lowest BCUT2D eigenvalue weighted by atomic mass is 10.1. The van der Waals surface area contributed by atoms with Crippen molar-refractivity contribution in [2.75, 3.05) is 52.9 Å². The molecule has 3 amide bonds. The second-order valence-corrected chi connectivity index (χ2v) is 7.28. The first-order valence-corrected chi connectivity index (χ1v) is 10.2. The minimum atomic E-state index is -0.150. The van der Waals surface area contributed by atoms with Crippen LogP contribution in [-0.4, -0.2) is 84.4 Å². The summed E-state index contributed by atoms with van der Waals surface area (Å²) < 4.78 is 6.77. The van der Waals surface area contributed by atoms with E-state index in [1.165, 1.54) is 12.7 Å². The van der Waals surface area contributed by atoms with Gasteiger partial charge in [-0.2, -0.15) is 0 Å². The largest absolute Gasteiger partial charge is 0.479 e. The second kappa shape index (κ2) is 10.6. The first-order chi connectivity index (χ1) is 14.6. The molecule has 1 aromatic carbocycles. The quantitative estimate of drug-likeness (QED) is 0.665. The fourth-order valence-corrected chi connectivity index (χ4v) is 3.47. The second-order valence-electron chi connectivity index (χ2n) is 7.28. The van der Waals surface area contributed by atoms with Crippen LogP contribution in [0.3, 0.4) is 0 Å².